The fourth-order valence-electron chi connectivity index (χ4n) is 3.14. The Hall–Kier alpha value is -1.43. The molecule has 0 spiro atoms. The maximum Gasteiger partial charge on any atom is 0.235 e. The summed E-state index contributed by atoms with van der Waals surface area (Å²) in [7, 11) is -3.36. The zero-order valence-corrected chi connectivity index (χ0v) is 14.9. The van der Waals surface area contributed by atoms with Gasteiger partial charge in [0, 0.05) is 6.20 Å². The first-order valence-electron chi connectivity index (χ1n) is 8.23. The van der Waals surface area contributed by atoms with Crippen LogP contribution in [0.5, 0.6) is 0 Å². The third kappa shape index (κ3) is 4.53. The molecule has 1 aromatic rings. The molecule has 6 heteroatoms. The van der Waals surface area contributed by atoms with Crippen LogP contribution >= 0.6 is 0 Å². The summed E-state index contributed by atoms with van der Waals surface area (Å²) in [6.07, 6.45) is 4.94. The number of sulfone groups is 1. The second-order valence-electron chi connectivity index (χ2n) is 6.71. The van der Waals surface area contributed by atoms with Gasteiger partial charge in [-0.05, 0) is 37.3 Å². The molecule has 128 valence electrons. The van der Waals surface area contributed by atoms with Gasteiger partial charge in [0.2, 0.25) is 5.91 Å². The third-order valence-electron chi connectivity index (χ3n) is 4.47. The Labute approximate surface area is 138 Å². The van der Waals surface area contributed by atoms with Crippen LogP contribution in [0.2, 0.25) is 0 Å². The number of rotatable bonds is 6. The molecule has 0 aliphatic heterocycles. The highest BCUT2D eigenvalue weighted by Gasteiger charge is 2.31. The Morgan fingerprint density at radius 2 is 2.00 bits per heavy atom. The van der Waals surface area contributed by atoms with E-state index in [9.17, 15) is 13.2 Å². The second kappa shape index (κ2) is 7.43. The number of carbonyl (C=O) groups is 1. The summed E-state index contributed by atoms with van der Waals surface area (Å²) in [4.78, 5) is 16.7. The molecule has 1 aromatic heterocycles. The quantitative estimate of drug-likeness (QED) is 0.865. The van der Waals surface area contributed by atoms with Gasteiger partial charge in [-0.25, -0.2) is 8.42 Å². The van der Waals surface area contributed by atoms with Crippen LogP contribution in [-0.4, -0.2) is 30.3 Å². The van der Waals surface area contributed by atoms with E-state index in [0.717, 1.165) is 24.1 Å². The number of nitrogens with zero attached hydrogens (tertiary/aromatic N) is 1. The van der Waals surface area contributed by atoms with Crippen molar-refractivity contribution in [2.75, 3.05) is 5.75 Å². The van der Waals surface area contributed by atoms with Crippen LogP contribution in [0.4, 0.5) is 0 Å². The van der Waals surface area contributed by atoms with E-state index in [1.165, 1.54) is 0 Å². The summed E-state index contributed by atoms with van der Waals surface area (Å²) >= 11 is 0. The number of aryl methyl sites for hydroxylation is 1. The number of hydrogen-bond donors (Lipinski definition) is 1. The third-order valence-corrected chi connectivity index (χ3v) is 6.62. The molecule has 1 amide bonds. The van der Waals surface area contributed by atoms with Crippen molar-refractivity contribution in [1.29, 1.82) is 0 Å². The SMILES string of the molecule is Cc1cccnc1C(NC(=O)CS(=O)(=O)C1CCCC1)C(C)C. The molecule has 0 radical (unpaired) electrons. The minimum absolute atomic E-state index is 0.127. The number of aromatic nitrogens is 1. The van der Waals surface area contributed by atoms with Crippen molar-refractivity contribution in [3.8, 4) is 0 Å². The largest absolute Gasteiger partial charge is 0.347 e. The summed E-state index contributed by atoms with van der Waals surface area (Å²) in [6.45, 7) is 5.92. The van der Waals surface area contributed by atoms with Gasteiger partial charge in [0.15, 0.2) is 9.84 Å². The predicted molar refractivity (Wildman–Crippen MR) is 90.7 cm³/mol. The minimum atomic E-state index is -3.36. The first-order chi connectivity index (χ1) is 10.8. The maximum atomic E-state index is 12.3. The van der Waals surface area contributed by atoms with Crippen molar-refractivity contribution in [2.45, 2.75) is 57.7 Å². The number of nitrogens with one attached hydrogen (secondary N) is 1. The molecule has 1 unspecified atom stereocenters. The van der Waals surface area contributed by atoms with E-state index in [2.05, 4.69) is 10.3 Å². The maximum absolute atomic E-state index is 12.3. The molecule has 1 atom stereocenters. The van der Waals surface area contributed by atoms with E-state index in [1.54, 1.807) is 6.20 Å². The summed E-state index contributed by atoms with van der Waals surface area (Å²) in [5.74, 6) is -0.727. The van der Waals surface area contributed by atoms with Gasteiger partial charge in [0.25, 0.3) is 0 Å². The average Bonchev–Trinajstić information content (AvgIpc) is 3.00. The number of carbonyl (C=O) groups excluding carboxylic acids is 1. The first-order valence-corrected chi connectivity index (χ1v) is 9.95. The molecule has 0 saturated heterocycles. The van der Waals surface area contributed by atoms with Crippen molar-refractivity contribution in [3.63, 3.8) is 0 Å². The molecular formula is C17H26N2O3S. The Kier molecular flexibility index (Phi) is 5.79. The average molecular weight is 338 g/mol. The van der Waals surface area contributed by atoms with E-state index in [1.807, 2.05) is 32.9 Å². The normalized spacial score (nSPS) is 17.4. The summed E-state index contributed by atoms with van der Waals surface area (Å²) in [6, 6.07) is 3.52. The number of pyridine rings is 1. The highest BCUT2D eigenvalue weighted by Crippen LogP contribution is 2.26. The molecule has 1 heterocycles. The minimum Gasteiger partial charge on any atom is -0.347 e. The van der Waals surface area contributed by atoms with Crippen LogP contribution in [0.25, 0.3) is 0 Å². The van der Waals surface area contributed by atoms with Gasteiger partial charge in [-0.3, -0.25) is 9.78 Å². The fraction of sp³-hybridized carbons (Fsp3) is 0.647. The lowest BCUT2D eigenvalue weighted by Gasteiger charge is -2.23. The van der Waals surface area contributed by atoms with E-state index >= 15 is 0 Å². The molecule has 1 aliphatic carbocycles. The smallest absolute Gasteiger partial charge is 0.235 e. The first kappa shape index (κ1) is 17.9. The molecule has 1 aliphatic rings. The molecule has 5 nitrogen and oxygen atoms in total. The second-order valence-corrected chi connectivity index (χ2v) is 8.99. The number of amides is 1. The molecule has 1 N–H and O–H groups in total. The zero-order chi connectivity index (χ0) is 17.0. The van der Waals surface area contributed by atoms with Crippen molar-refractivity contribution >= 4 is 15.7 Å². The standard InChI is InChI=1S/C17H26N2O3S/c1-12(2)16(17-13(3)7-6-10-18-17)19-15(20)11-23(21,22)14-8-4-5-9-14/h6-7,10,12,14,16H,4-5,8-9,11H2,1-3H3,(H,19,20). The lowest BCUT2D eigenvalue weighted by Crippen LogP contribution is -2.38. The predicted octanol–water partition coefficient (Wildman–Crippen LogP) is 2.56. The lowest BCUT2D eigenvalue weighted by molar-refractivity contribution is -0.119. The molecule has 1 fully saturated rings. The van der Waals surface area contributed by atoms with Crippen LogP contribution in [-0.2, 0) is 14.6 Å². The zero-order valence-electron chi connectivity index (χ0n) is 14.1. The lowest BCUT2D eigenvalue weighted by atomic mass is 9.97. The van der Waals surface area contributed by atoms with Gasteiger partial charge >= 0.3 is 0 Å². The van der Waals surface area contributed by atoms with E-state index in [0.29, 0.717) is 12.8 Å². The van der Waals surface area contributed by atoms with Crippen molar-refractivity contribution in [2.24, 2.45) is 5.92 Å². The van der Waals surface area contributed by atoms with Crippen LogP contribution in [0.1, 0.15) is 56.8 Å². The van der Waals surface area contributed by atoms with Crippen molar-refractivity contribution in [1.82, 2.24) is 10.3 Å². The van der Waals surface area contributed by atoms with E-state index < -0.39 is 21.5 Å². The molecule has 2 rings (SSSR count). The topological polar surface area (TPSA) is 76.1 Å². The van der Waals surface area contributed by atoms with Gasteiger partial charge in [0.1, 0.15) is 5.75 Å². The van der Waals surface area contributed by atoms with Gasteiger partial charge in [-0.1, -0.05) is 32.8 Å². The Balaban J connectivity index is 2.08. The van der Waals surface area contributed by atoms with Crippen LogP contribution in [0.15, 0.2) is 18.3 Å². The Morgan fingerprint density at radius 1 is 1.35 bits per heavy atom. The van der Waals surface area contributed by atoms with Gasteiger partial charge < -0.3 is 5.32 Å². The van der Waals surface area contributed by atoms with Gasteiger partial charge in [-0.2, -0.15) is 0 Å². The Morgan fingerprint density at radius 3 is 2.57 bits per heavy atom. The summed E-state index contributed by atoms with van der Waals surface area (Å²) < 4.78 is 24.6. The van der Waals surface area contributed by atoms with Crippen LogP contribution < -0.4 is 5.32 Å². The van der Waals surface area contributed by atoms with Gasteiger partial charge in [-0.15, -0.1) is 0 Å². The Bertz CT molecular complexity index is 650. The van der Waals surface area contributed by atoms with Crippen LogP contribution in [0.3, 0.4) is 0 Å². The van der Waals surface area contributed by atoms with Crippen LogP contribution in [0, 0.1) is 12.8 Å². The molecular weight excluding hydrogens is 312 g/mol. The molecule has 0 bridgehead atoms. The van der Waals surface area contributed by atoms with E-state index in [-0.39, 0.29) is 17.2 Å². The molecule has 23 heavy (non-hydrogen) atoms. The highest BCUT2D eigenvalue weighted by atomic mass is 32.2. The summed E-state index contributed by atoms with van der Waals surface area (Å²) in [5.41, 5.74) is 1.79. The molecule has 0 aromatic carbocycles. The summed E-state index contributed by atoms with van der Waals surface area (Å²) in [5, 5.41) is 2.53. The van der Waals surface area contributed by atoms with Gasteiger partial charge in [0.05, 0.1) is 17.0 Å². The molecule has 1 saturated carbocycles. The number of hydrogen-bond acceptors (Lipinski definition) is 4. The van der Waals surface area contributed by atoms with Crippen molar-refractivity contribution < 1.29 is 13.2 Å². The fourth-order valence-corrected chi connectivity index (χ4v) is 4.87. The van der Waals surface area contributed by atoms with E-state index in [4.69, 9.17) is 0 Å². The monoisotopic (exact) mass is 338 g/mol. The highest BCUT2D eigenvalue weighted by molar-refractivity contribution is 7.92. The van der Waals surface area contributed by atoms with Crippen molar-refractivity contribution in [3.05, 3.63) is 29.6 Å².